The molecule has 1 N–H and O–H groups in total. The molecular formula is C5H8NO2Rb. The van der Waals surface area contributed by atoms with Crippen molar-refractivity contribution >= 4 is 5.97 Å². The van der Waals surface area contributed by atoms with Gasteiger partial charge in [0.2, 0.25) is 0 Å². The van der Waals surface area contributed by atoms with Crippen LogP contribution in [0.2, 0.25) is 0 Å². The zero-order valence-corrected chi connectivity index (χ0v) is 10.4. The second kappa shape index (κ2) is 4.96. The van der Waals surface area contributed by atoms with Crippen molar-refractivity contribution in [1.82, 2.24) is 5.32 Å². The Kier molecular flexibility index (Phi) is 5.64. The third-order valence-electron chi connectivity index (χ3n) is 1.34. The van der Waals surface area contributed by atoms with Gasteiger partial charge in [-0.25, -0.2) is 0 Å². The van der Waals surface area contributed by atoms with Gasteiger partial charge in [0.1, 0.15) is 0 Å². The third-order valence-corrected chi connectivity index (χ3v) is 1.34. The minimum Gasteiger partial charge on any atom is -0.548 e. The van der Waals surface area contributed by atoms with E-state index in [0.29, 0.717) is 0 Å². The van der Waals surface area contributed by atoms with Crippen LogP contribution in [0.15, 0.2) is 0 Å². The van der Waals surface area contributed by atoms with E-state index in [-0.39, 0.29) is 64.2 Å². The van der Waals surface area contributed by atoms with Crippen molar-refractivity contribution in [3.8, 4) is 0 Å². The monoisotopic (exact) mass is 199 g/mol. The van der Waals surface area contributed by atoms with Crippen LogP contribution in [-0.4, -0.2) is 18.6 Å². The van der Waals surface area contributed by atoms with Gasteiger partial charge in [-0.3, -0.25) is 0 Å². The van der Waals surface area contributed by atoms with E-state index in [1.807, 2.05) is 0 Å². The Morgan fingerprint density at radius 1 is 1.67 bits per heavy atom. The average Bonchev–Trinajstić information content (AvgIpc) is 2.12. The van der Waals surface area contributed by atoms with Gasteiger partial charge < -0.3 is 15.2 Å². The number of carbonyl (C=O) groups excluding carboxylic acids is 1. The molecule has 1 aliphatic rings. The van der Waals surface area contributed by atoms with Crippen molar-refractivity contribution in [2.75, 3.05) is 6.54 Å². The van der Waals surface area contributed by atoms with Gasteiger partial charge in [-0.05, 0) is 19.4 Å². The van der Waals surface area contributed by atoms with Crippen molar-refractivity contribution in [1.29, 1.82) is 0 Å². The zero-order chi connectivity index (χ0) is 5.98. The molecule has 0 amide bonds. The average molecular weight is 200 g/mol. The molecule has 1 aliphatic heterocycles. The van der Waals surface area contributed by atoms with Crippen molar-refractivity contribution in [2.24, 2.45) is 0 Å². The topological polar surface area (TPSA) is 52.2 Å². The zero-order valence-electron chi connectivity index (χ0n) is 5.52. The Balaban J connectivity index is 0.000000640. The fourth-order valence-corrected chi connectivity index (χ4v) is 0.886. The van der Waals surface area contributed by atoms with E-state index in [2.05, 4.69) is 5.32 Å². The first kappa shape index (κ1) is 10.2. The molecule has 46 valence electrons. The van der Waals surface area contributed by atoms with Gasteiger partial charge in [-0.15, -0.1) is 0 Å². The number of nitrogens with one attached hydrogen (secondary N) is 1. The summed E-state index contributed by atoms with van der Waals surface area (Å²) in [6, 6.07) is -0.380. The number of hydrogen-bond donors (Lipinski definition) is 1. The van der Waals surface area contributed by atoms with E-state index >= 15 is 0 Å². The molecule has 0 aromatic rings. The normalized spacial score (nSPS) is 25.1. The molecule has 1 atom stereocenters. The van der Waals surface area contributed by atoms with Crippen LogP contribution < -0.4 is 68.6 Å². The standard InChI is InChI=1S/C5H9NO2.Rb/c7-5(8)4-2-1-3-6-4;/h4,6H,1-3H2,(H,7,8);/q;+1/p-1/t4-;/m0./s1. The van der Waals surface area contributed by atoms with Crippen molar-refractivity contribution in [3.05, 3.63) is 0 Å². The minimum absolute atomic E-state index is 0. The number of carboxylic acids is 1. The molecule has 0 unspecified atom stereocenters. The number of hydrogen-bond acceptors (Lipinski definition) is 3. The first-order valence-electron chi connectivity index (χ1n) is 2.75. The fraction of sp³-hybridized carbons (Fsp3) is 0.800. The largest absolute Gasteiger partial charge is 1.00 e. The summed E-state index contributed by atoms with van der Waals surface area (Å²) in [6.07, 6.45) is 1.68. The SMILES string of the molecule is O=C([O-])[C@@H]1CCCN1.[Rb+]. The van der Waals surface area contributed by atoms with Crippen LogP contribution in [0.3, 0.4) is 0 Å². The van der Waals surface area contributed by atoms with Crippen LogP contribution in [0.5, 0.6) is 0 Å². The van der Waals surface area contributed by atoms with Gasteiger partial charge in [0.05, 0.1) is 5.97 Å². The summed E-state index contributed by atoms with van der Waals surface area (Å²) in [5.41, 5.74) is 0. The maximum absolute atomic E-state index is 10.0. The summed E-state index contributed by atoms with van der Waals surface area (Å²) in [5, 5.41) is 12.8. The van der Waals surface area contributed by atoms with Gasteiger partial charge >= 0.3 is 58.2 Å². The summed E-state index contributed by atoms with van der Waals surface area (Å²) in [7, 11) is 0. The predicted molar refractivity (Wildman–Crippen MR) is 26.0 cm³/mol. The Hall–Kier alpha value is 1.24. The second-order valence-electron chi connectivity index (χ2n) is 1.97. The predicted octanol–water partition coefficient (Wildman–Crippen LogP) is -4.51. The minimum atomic E-state index is -0.970. The Morgan fingerprint density at radius 3 is 2.56 bits per heavy atom. The van der Waals surface area contributed by atoms with Crippen LogP contribution >= 0.6 is 0 Å². The van der Waals surface area contributed by atoms with Crippen LogP contribution in [0, 0.1) is 0 Å². The summed E-state index contributed by atoms with van der Waals surface area (Å²) in [6.45, 7) is 0.818. The molecule has 0 aromatic carbocycles. The van der Waals surface area contributed by atoms with E-state index < -0.39 is 5.97 Å². The van der Waals surface area contributed by atoms with E-state index in [1.54, 1.807) is 0 Å². The van der Waals surface area contributed by atoms with E-state index in [4.69, 9.17) is 0 Å². The molecule has 0 spiro atoms. The van der Waals surface area contributed by atoms with Gasteiger partial charge in [0.25, 0.3) is 0 Å². The van der Waals surface area contributed by atoms with E-state index in [1.165, 1.54) is 0 Å². The van der Waals surface area contributed by atoms with Crippen molar-refractivity contribution in [2.45, 2.75) is 18.9 Å². The van der Waals surface area contributed by atoms with E-state index in [9.17, 15) is 9.90 Å². The van der Waals surface area contributed by atoms with Gasteiger partial charge in [-0.1, -0.05) is 0 Å². The molecule has 1 saturated heterocycles. The molecule has 4 heteroatoms. The molecule has 0 radical (unpaired) electrons. The molecule has 0 aromatic heterocycles. The smallest absolute Gasteiger partial charge is 0.548 e. The van der Waals surface area contributed by atoms with Gasteiger partial charge in [0.15, 0.2) is 0 Å². The van der Waals surface area contributed by atoms with Crippen molar-refractivity contribution < 1.29 is 68.1 Å². The van der Waals surface area contributed by atoms with Gasteiger partial charge in [-0.2, -0.15) is 0 Å². The second-order valence-corrected chi connectivity index (χ2v) is 1.97. The van der Waals surface area contributed by atoms with Crippen LogP contribution in [-0.2, 0) is 4.79 Å². The number of rotatable bonds is 1. The molecular weight excluding hydrogens is 192 g/mol. The molecule has 9 heavy (non-hydrogen) atoms. The summed E-state index contributed by atoms with van der Waals surface area (Å²) in [4.78, 5) is 10.0. The molecule has 0 saturated carbocycles. The maximum atomic E-state index is 10.0. The fourth-order valence-electron chi connectivity index (χ4n) is 0.886. The third kappa shape index (κ3) is 3.23. The first-order chi connectivity index (χ1) is 3.80. The number of carbonyl (C=O) groups is 1. The number of aliphatic carboxylic acids is 1. The molecule has 3 nitrogen and oxygen atoms in total. The summed E-state index contributed by atoms with van der Waals surface area (Å²) in [5.74, 6) is -0.970. The Morgan fingerprint density at radius 2 is 2.33 bits per heavy atom. The molecule has 1 fully saturated rings. The summed E-state index contributed by atoms with van der Waals surface area (Å²) < 4.78 is 0. The molecule has 1 heterocycles. The maximum Gasteiger partial charge on any atom is 1.00 e. The van der Waals surface area contributed by atoms with Crippen LogP contribution in [0.25, 0.3) is 0 Å². The van der Waals surface area contributed by atoms with Gasteiger partial charge in [0, 0.05) is 6.04 Å². The Bertz CT molecular complexity index is 101. The van der Waals surface area contributed by atoms with Crippen molar-refractivity contribution in [3.63, 3.8) is 0 Å². The first-order valence-corrected chi connectivity index (χ1v) is 2.75. The molecule has 0 bridgehead atoms. The van der Waals surface area contributed by atoms with E-state index in [0.717, 1.165) is 19.4 Å². The molecule has 0 aliphatic carbocycles. The number of carboxylic acid groups (broad SMARTS) is 1. The summed E-state index contributed by atoms with van der Waals surface area (Å²) >= 11 is 0. The quantitative estimate of drug-likeness (QED) is 0.463. The van der Waals surface area contributed by atoms with Crippen LogP contribution in [0.4, 0.5) is 0 Å². The Labute approximate surface area is 103 Å². The van der Waals surface area contributed by atoms with Crippen LogP contribution in [0.1, 0.15) is 12.8 Å². The molecule has 1 rings (SSSR count).